The maximum atomic E-state index is 5.37. The van der Waals surface area contributed by atoms with E-state index >= 15 is 0 Å². The van der Waals surface area contributed by atoms with Gasteiger partial charge in [-0.1, -0.05) is 38.1 Å². The van der Waals surface area contributed by atoms with Crippen molar-refractivity contribution in [2.45, 2.75) is 33.2 Å². The molecule has 78 valence electrons. The van der Waals surface area contributed by atoms with Gasteiger partial charge in [0.15, 0.2) is 0 Å². The molecular weight excluding hydrogens is 172 g/mol. The highest BCUT2D eigenvalue weighted by atomic mass is 15.2. The summed E-state index contributed by atoms with van der Waals surface area (Å²) in [6.07, 6.45) is 1.14. The molecule has 0 radical (unpaired) electrons. The van der Waals surface area contributed by atoms with Crippen LogP contribution in [0.1, 0.15) is 37.9 Å². The quantitative estimate of drug-likeness (QED) is 0.568. The molecule has 1 aromatic carbocycles. The molecule has 0 fully saturated rings. The van der Waals surface area contributed by atoms with Crippen LogP contribution in [0.4, 0.5) is 0 Å². The third-order valence-electron chi connectivity index (χ3n) is 2.37. The van der Waals surface area contributed by atoms with Gasteiger partial charge in [-0.3, -0.25) is 11.3 Å². The van der Waals surface area contributed by atoms with E-state index in [1.807, 2.05) is 0 Å². The summed E-state index contributed by atoms with van der Waals surface area (Å²) in [7, 11) is 0. The van der Waals surface area contributed by atoms with Gasteiger partial charge < -0.3 is 0 Å². The fourth-order valence-corrected chi connectivity index (χ4v) is 1.51. The molecular formula is C12H20N2. The van der Waals surface area contributed by atoms with E-state index in [2.05, 4.69) is 50.5 Å². The van der Waals surface area contributed by atoms with Crippen LogP contribution in [0.5, 0.6) is 0 Å². The maximum absolute atomic E-state index is 5.37. The maximum Gasteiger partial charge on any atom is 0.0431 e. The Kier molecular flexibility index (Phi) is 4.11. The standard InChI is InChI=1S/C12H20N2/c1-9(2)8-11-4-6-12(7-5-11)10(3)14-13/h4-7,9-10,14H,8,13H2,1-3H3/t10-/m1/s1. The van der Waals surface area contributed by atoms with Crippen molar-refractivity contribution < 1.29 is 0 Å². The second-order valence-electron chi connectivity index (χ2n) is 4.23. The number of nitrogens with two attached hydrogens (primary N) is 1. The Morgan fingerprint density at radius 1 is 1.14 bits per heavy atom. The van der Waals surface area contributed by atoms with Crippen molar-refractivity contribution in [3.05, 3.63) is 35.4 Å². The number of nitrogens with one attached hydrogen (secondary N) is 1. The zero-order chi connectivity index (χ0) is 10.6. The van der Waals surface area contributed by atoms with Crippen molar-refractivity contribution in [1.29, 1.82) is 0 Å². The van der Waals surface area contributed by atoms with Crippen molar-refractivity contribution >= 4 is 0 Å². The van der Waals surface area contributed by atoms with Crippen LogP contribution in [0.15, 0.2) is 24.3 Å². The van der Waals surface area contributed by atoms with E-state index in [0.717, 1.165) is 6.42 Å². The summed E-state index contributed by atoms with van der Waals surface area (Å²) in [5.41, 5.74) is 5.37. The highest BCUT2D eigenvalue weighted by Gasteiger charge is 2.02. The summed E-state index contributed by atoms with van der Waals surface area (Å²) in [5, 5.41) is 0. The van der Waals surface area contributed by atoms with Crippen LogP contribution in [0.3, 0.4) is 0 Å². The topological polar surface area (TPSA) is 38.0 Å². The van der Waals surface area contributed by atoms with Gasteiger partial charge in [-0.15, -0.1) is 0 Å². The number of benzene rings is 1. The molecule has 1 aromatic rings. The lowest BCUT2D eigenvalue weighted by Gasteiger charge is -2.11. The fourth-order valence-electron chi connectivity index (χ4n) is 1.51. The Labute approximate surface area is 86.5 Å². The summed E-state index contributed by atoms with van der Waals surface area (Å²) in [4.78, 5) is 0. The first kappa shape index (κ1) is 11.2. The van der Waals surface area contributed by atoms with E-state index in [1.54, 1.807) is 0 Å². The summed E-state index contributed by atoms with van der Waals surface area (Å²) in [6.45, 7) is 6.52. The van der Waals surface area contributed by atoms with Gasteiger partial charge in [-0.2, -0.15) is 0 Å². The van der Waals surface area contributed by atoms with Crippen molar-refractivity contribution in [3.63, 3.8) is 0 Å². The molecule has 0 spiro atoms. The summed E-state index contributed by atoms with van der Waals surface area (Å²) in [6, 6.07) is 8.87. The normalized spacial score (nSPS) is 13.2. The Morgan fingerprint density at radius 3 is 2.14 bits per heavy atom. The minimum absolute atomic E-state index is 0.225. The van der Waals surface area contributed by atoms with Crippen LogP contribution in [0.25, 0.3) is 0 Å². The fraction of sp³-hybridized carbons (Fsp3) is 0.500. The number of hydrogen-bond donors (Lipinski definition) is 2. The summed E-state index contributed by atoms with van der Waals surface area (Å²) < 4.78 is 0. The minimum atomic E-state index is 0.225. The summed E-state index contributed by atoms with van der Waals surface area (Å²) >= 11 is 0. The molecule has 2 nitrogen and oxygen atoms in total. The average molecular weight is 192 g/mol. The molecule has 0 aliphatic heterocycles. The van der Waals surface area contributed by atoms with Gasteiger partial charge >= 0.3 is 0 Å². The van der Waals surface area contributed by atoms with Gasteiger partial charge in [-0.25, -0.2) is 0 Å². The van der Waals surface area contributed by atoms with Crippen LogP contribution in [-0.4, -0.2) is 0 Å². The third kappa shape index (κ3) is 3.13. The second-order valence-corrected chi connectivity index (χ2v) is 4.23. The van der Waals surface area contributed by atoms with Gasteiger partial charge in [0.25, 0.3) is 0 Å². The molecule has 0 aliphatic rings. The first-order chi connectivity index (χ1) is 6.63. The third-order valence-corrected chi connectivity index (χ3v) is 2.37. The van der Waals surface area contributed by atoms with Crippen LogP contribution in [0.2, 0.25) is 0 Å². The van der Waals surface area contributed by atoms with Gasteiger partial charge in [0.1, 0.15) is 0 Å². The molecule has 0 unspecified atom stereocenters. The van der Waals surface area contributed by atoms with Crippen molar-refractivity contribution in [2.75, 3.05) is 0 Å². The van der Waals surface area contributed by atoms with Crippen molar-refractivity contribution in [3.8, 4) is 0 Å². The molecule has 0 heterocycles. The molecule has 0 aromatic heterocycles. The molecule has 2 heteroatoms. The smallest absolute Gasteiger partial charge is 0.0431 e. The lowest BCUT2D eigenvalue weighted by molar-refractivity contribution is 0.601. The molecule has 0 saturated carbocycles. The molecule has 0 bridgehead atoms. The van der Waals surface area contributed by atoms with Gasteiger partial charge in [0.2, 0.25) is 0 Å². The Bertz CT molecular complexity index is 264. The first-order valence-corrected chi connectivity index (χ1v) is 5.18. The van der Waals surface area contributed by atoms with Crippen LogP contribution < -0.4 is 11.3 Å². The number of hydrogen-bond acceptors (Lipinski definition) is 2. The van der Waals surface area contributed by atoms with E-state index in [0.29, 0.717) is 5.92 Å². The minimum Gasteiger partial charge on any atom is -0.271 e. The average Bonchev–Trinajstić information content (AvgIpc) is 2.17. The molecule has 0 saturated heterocycles. The van der Waals surface area contributed by atoms with E-state index in [4.69, 9.17) is 5.84 Å². The van der Waals surface area contributed by atoms with Crippen LogP contribution in [0, 0.1) is 5.92 Å². The second kappa shape index (κ2) is 5.13. The molecule has 1 atom stereocenters. The first-order valence-electron chi connectivity index (χ1n) is 5.18. The predicted molar refractivity (Wildman–Crippen MR) is 60.7 cm³/mol. The lowest BCUT2D eigenvalue weighted by Crippen LogP contribution is -2.25. The number of hydrazine groups is 1. The van der Waals surface area contributed by atoms with Gasteiger partial charge in [-0.05, 0) is 30.4 Å². The van der Waals surface area contributed by atoms with Crippen LogP contribution >= 0.6 is 0 Å². The van der Waals surface area contributed by atoms with E-state index < -0.39 is 0 Å². The van der Waals surface area contributed by atoms with E-state index in [-0.39, 0.29) is 6.04 Å². The Morgan fingerprint density at radius 2 is 1.71 bits per heavy atom. The molecule has 14 heavy (non-hydrogen) atoms. The zero-order valence-corrected chi connectivity index (χ0v) is 9.25. The van der Waals surface area contributed by atoms with Gasteiger partial charge in [0, 0.05) is 6.04 Å². The molecule has 0 aliphatic carbocycles. The van der Waals surface area contributed by atoms with Gasteiger partial charge in [0.05, 0.1) is 0 Å². The molecule has 3 N–H and O–H groups in total. The Balaban J connectivity index is 2.68. The Hall–Kier alpha value is -0.860. The van der Waals surface area contributed by atoms with E-state index in [1.165, 1.54) is 11.1 Å². The van der Waals surface area contributed by atoms with E-state index in [9.17, 15) is 0 Å². The largest absolute Gasteiger partial charge is 0.271 e. The number of rotatable bonds is 4. The van der Waals surface area contributed by atoms with Crippen molar-refractivity contribution in [2.24, 2.45) is 11.8 Å². The molecule has 0 amide bonds. The SMILES string of the molecule is CC(C)Cc1ccc([C@@H](C)NN)cc1. The lowest BCUT2D eigenvalue weighted by atomic mass is 10.0. The monoisotopic (exact) mass is 192 g/mol. The molecule has 1 rings (SSSR count). The highest BCUT2D eigenvalue weighted by molar-refractivity contribution is 5.24. The van der Waals surface area contributed by atoms with Crippen LogP contribution in [-0.2, 0) is 6.42 Å². The zero-order valence-electron chi connectivity index (χ0n) is 9.25. The van der Waals surface area contributed by atoms with Crippen molar-refractivity contribution in [1.82, 2.24) is 5.43 Å². The summed E-state index contributed by atoms with van der Waals surface area (Å²) in [5.74, 6) is 6.09. The highest BCUT2D eigenvalue weighted by Crippen LogP contribution is 2.14. The predicted octanol–water partition coefficient (Wildman–Crippen LogP) is 2.41.